The summed E-state index contributed by atoms with van der Waals surface area (Å²) in [6.07, 6.45) is 1.78. The van der Waals surface area contributed by atoms with Gasteiger partial charge in [0.15, 0.2) is 0 Å². The van der Waals surface area contributed by atoms with Gasteiger partial charge in [-0.1, -0.05) is 0 Å². The molecule has 0 bridgehead atoms. The minimum Gasteiger partial charge on any atom is -0.320 e. The molecule has 0 fully saturated rings. The SMILES string of the molecule is NC(c1csc(Br)c1)c1ccns1. The van der Waals surface area contributed by atoms with Crippen molar-refractivity contribution in [3.8, 4) is 0 Å². The van der Waals surface area contributed by atoms with Crippen LogP contribution in [-0.4, -0.2) is 4.37 Å². The van der Waals surface area contributed by atoms with Crippen LogP contribution in [0.4, 0.5) is 0 Å². The lowest BCUT2D eigenvalue weighted by Crippen LogP contribution is -2.08. The molecule has 1 atom stereocenters. The quantitative estimate of drug-likeness (QED) is 0.915. The van der Waals surface area contributed by atoms with Gasteiger partial charge in [0.1, 0.15) is 0 Å². The summed E-state index contributed by atoms with van der Waals surface area (Å²) in [5.41, 5.74) is 7.17. The number of rotatable bonds is 2. The molecule has 0 spiro atoms. The first-order chi connectivity index (χ1) is 6.27. The number of hydrogen-bond acceptors (Lipinski definition) is 4. The van der Waals surface area contributed by atoms with E-state index in [1.54, 1.807) is 17.5 Å². The van der Waals surface area contributed by atoms with E-state index in [1.165, 1.54) is 11.5 Å². The maximum atomic E-state index is 6.03. The first-order valence-corrected chi connectivity index (χ1v) is 6.12. The summed E-state index contributed by atoms with van der Waals surface area (Å²) < 4.78 is 5.14. The molecular formula is C8H7BrN2S2. The molecule has 0 radical (unpaired) electrons. The highest BCUT2D eigenvalue weighted by Crippen LogP contribution is 2.28. The fourth-order valence-corrected chi connectivity index (χ4v) is 2.86. The fourth-order valence-electron chi connectivity index (χ4n) is 1.04. The Hall–Kier alpha value is -0.230. The third-order valence-corrected chi connectivity index (χ3v) is 4.06. The Bertz CT molecular complexity index is 383. The maximum absolute atomic E-state index is 6.03. The number of hydrogen-bond donors (Lipinski definition) is 1. The van der Waals surface area contributed by atoms with Gasteiger partial charge in [0, 0.05) is 11.1 Å². The van der Waals surface area contributed by atoms with E-state index >= 15 is 0 Å². The number of nitrogens with two attached hydrogens (primary N) is 1. The lowest BCUT2D eigenvalue weighted by atomic mass is 10.1. The summed E-state index contributed by atoms with van der Waals surface area (Å²) in [4.78, 5) is 1.10. The molecule has 0 saturated heterocycles. The van der Waals surface area contributed by atoms with E-state index in [4.69, 9.17) is 5.73 Å². The molecule has 2 nitrogen and oxygen atoms in total. The molecule has 0 saturated carbocycles. The Labute approximate surface area is 92.7 Å². The van der Waals surface area contributed by atoms with Crippen LogP contribution in [0.5, 0.6) is 0 Å². The van der Waals surface area contributed by atoms with E-state index in [-0.39, 0.29) is 6.04 Å². The smallest absolute Gasteiger partial charge is 0.0701 e. The first-order valence-electron chi connectivity index (χ1n) is 3.67. The van der Waals surface area contributed by atoms with Crippen molar-refractivity contribution >= 4 is 38.8 Å². The largest absolute Gasteiger partial charge is 0.320 e. The third kappa shape index (κ3) is 1.99. The highest BCUT2D eigenvalue weighted by Gasteiger charge is 2.11. The van der Waals surface area contributed by atoms with Gasteiger partial charge in [0.25, 0.3) is 0 Å². The molecule has 68 valence electrons. The lowest BCUT2D eigenvalue weighted by Gasteiger charge is -2.04. The predicted molar refractivity (Wildman–Crippen MR) is 60.2 cm³/mol. The normalized spacial score (nSPS) is 13.1. The van der Waals surface area contributed by atoms with Crippen LogP contribution in [-0.2, 0) is 0 Å². The van der Waals surface area contributed by atoms with Gasteiger partial charge in [0.05, 0.1) is 9.83 Å². The monoisotopic (exact) mass is 274 g/mol. The molecule has 0 aliphatic rings. The van der Waals surface area contributed by atoms with Crippen molar-refractivity contribution in [1.29, 1.82) is 0 Å². The van der Waals surface area contributed by atoms with Crippen LogP contribution in [0.2, 0.25) is 0 Å². The third-order valence-electron chi connectivity index (χ3n) is 1.71. The summed E-state index contributed by atoms with van der Waals surface area (Å²) >= 11 is 6.51. The second-order valence-corrected chi connectivity index (χ2v) is 5.73. The zero-order valence-electron chi connectivity index (χ0n) is 6.61. The Morgan fingerprint density at radius 1 is 1.54 bits per heavy atom. The van der Waals surface area contributed by atoms with E-state index in [9.17, 15) is 0 Å². The molecule has 2 aromatic heterocycles. The summed E-state index contributed by atoms with van der Waals surface area (Å²) in [6, 6.07) is 3.98. The van der Waals surface area contributed by atoms with Crippen LogP contribution in [0.15, 0.2) is 27.5 Å². The van der Waals surface area contributed by atoms with Crippen molar-refractivity contribution in [3.05, 3.63) is 37.9 Å². The van der Waals surface area contributed by atoms with Crippen molar-refractivity contribution in [2.75, 3.05) is 0 Å². The van der Waals surface area contributed by atoms with Gasteiger partial charge in [-0.3, -0.25) is 0 Å². The summed E-state index contributed by atoms with van der Waals surface area (Å²) in [7, 11) is 0. The number of thiophene rings is 1. The molecule has 0 aliphatic carbocycles. The highest BCUT2D eigenvalue weighted by atomic mass is 79.9. The number of halogens is 1. The Kier molecular flexibility index (Phi) is 2.78. The predicted octanol–water partition coefficient (Wildman–Crippen LogP) is 3.02. The minimum absolute atomic E-state index is 0.0324. The summed E-state index contributed by atoms with van der Waals surface area (Å²) in [5.74, 6) is 0. The molecule has 0 aliphatic heterocycles. The van der Waals surface area contributed by atoms with Crippen LogP contribution in [0, 0.1) is 0 Å². The molecule has 5 heteroatoms. The van der Waals surface area contributed by atoms with E-state index in [0.29, 0.717) is 0 Å². The van der Waals surface area contributed by atoms with Crippen molar-refractivity contribution in [1.82, 2.24) is 4.37 Å². The van der Waals surface area contributed by atoms with Gasteiger partial charge >= 0.3 is 0 Å². The van der Waals surface area contributed by atoms with Crippen LogP contribution in [0.1, 0.15) is 16.5 Å². The van der Waals surface area contributed by atoms with Crippen LogP contribution < -0.4 is 5.73 Å². The van der Waals surface area contributed by atoms with E-state index < -0.39 is 0 Å². The highest BCUT2D eigenvalue weighted by molar-refractivity contribution is 9.11. The van der Waals surface area contributed by atoms with Gasteiger partial charge in [-0.15, -0.1) is 11.3 Å². The molecular weight excluding hydrogens is 268 g/mol. The molecule has 1 unspecified atom stereocenters. The fraction of sp³-hybridized carbons (Fsp3) is 0.125. The zero-order chi connectivity index (χ0) is 9.26. The van der Waals surface area contributed by atoms with Crippen molar-refractivity contribution in [2.45, 2.75) is 6.04 Å². The standard InChI is InChI=1S/C8H7BrN2S2/c9-7-3-5(4-12-7)8(10)6-1-2-11-13-6/h1-4,8H,10H2. The van der Waals surface area contributed by atoms with Crippen molar-refractivity contribution in [2.24, 2.45) is 5.73 Å². The van der Waals surface area contributed by atoms with Gasteiger partial charge in [-0.25, -0.2) is 4.37 Å². The van der Waals surface area contributed by atoms with Crippen molar-refractivity contribution in [3.63, 3.8) is 0 Å². The van der Waals surface area contributed by atoms with E-state index in [2.05, 4.69) is 31.7 Å². The van der Waals surface area contributed by atoms with Gasteiger partial charge < -0.3 is 5.73 Å². The molecule has 2 rings (SSSR count). The first kappa shape index (κ1) is 9.33. The van der Waals surface area contributed by atoms with Gasteiger partial charge in [-0.05, 0) is 50.5 Å². The Morgan fingerprint density at radius 2 is 2.38 bits per heavy atom. The van der Waals surface area contributed by atoms with E-state index in [0.717, 1.165) is 14.2 Å². The average molecular weight is 275 g/mol. The summed E-state index contributed by atoms with van der Waals surface area (Å²) in [6.45, 7) is 0. The van der Waals surface area contributed by atoms with Gasteiger partial charge in [-0.2, -0.15) is 0 Å². The lowest BCUT2D eigenvalue weighted by molar-refractivity contribution is 0.899. The van der Waals surface area contributed by atoms with Crippen LogP contribution in [0.3, 0.4) is 0 Å². The van der Waals surface area contributed by atoms with Crippen LogP contribution >= 0.6 is 38.8 Å². The topological polar surface area (TPSA) is 38.9 Å². The molecule has 2 N–H and O–H groups in total. The Morgan fingerprint density at radius 3 is 2.92 bits per heavy atom. The van der Waals surface area contributed by atoms with Gasteiger partial charge in [0.2, 0.25) is 0 Å². The van der Waals surface area contributed by atoms with E-state index in [1.807, 2.05) is 6.07 Å². The molecule has 0 amide bonds. The summed E-state index contributed by atoms with van der Waals surface area (Å²) in [5, 5.41) is 2.06. The number of aromatic nitrogens is 1. The zero-order valence-corrected chi connectivity index (χ0v) is 9.82. The molecule has 2 aromatic rings. The number of nitrogens with zero attached hydrogens (tertiary/aromatic N) is 1. The maximum Gasteiger partial charge on any atom is 0.0701 e. The molecule has 13 heavy (non-hydrogen) atoms. The average Bonchev–Trinajstić information content (AvgIpc) is 2.72. The Balaban J connectivity index is 2.28. The molecule has 0 aromatic carbocycles. The second-order valence-electron chi connectivity index (χ2n) is 2.58. The second kappa shape index (κ2) is 3.88. The van der Waals surface area contributed by atoms with Crippen LogP contribution in [0.25, 0.3) is 0 Å². The van der Waals surface area contributed by atoms with Crippen molar-refractivity contribution < 1.29 is 0 Å². The minimum atomic E-state index is -0.0324. The molecule has 2 heterocycles.